The molecular formula is C24H26O5. The molecule has 2 aliphatic carbocycles. The molecule has 1 heterocycles. The van der Waals surface area contributed by atoms with Crippen LogP contribution in [0.1, 0.15) is 62.5 Å². The smallest absolute Gasteiger partial charge is 0.163 e. The van der Waals surface area contributed by atoms with Crippen LogP contribution in [0.5, 0.6) is 11.5 Å². The maximum Gasteiger partial charge on any atom is 0.163 e. The fourth-order valence-electron chi connectivity index (χ4n) is 4.58. The highest BCUT2D eigenvalue weighted by Crippen LogP contribution is 2.49. The van der Waals surface area contributed by atoms with Crippen LogP contribution < -0.4 is 4.74 Å². The number of benzene rings is 1. The van der Waals surface area contributed by atoms with Gasteiger partial charge in [-0.15, -0.1) is 6.58 Å². The SMILES string of the molecule is C=CCc1cc(C2C3=C(CCCC3=O)OC3=C2C(=O)CCC3)cc(OCC)c1O. The van der Waals surface area contributed by atoms with Crippen molar-refractivity contribution in [1.82, 2.24) is 0 Å². The molecule has 0 amide bonds. The van der Waals surface area contributed by atoms with E-state index in [0.29, 0.717) is 72.7 Å². The van der Waals surface area contributed by atoms with E-state index in [2.05, 4.69) is 6.58 Å². The molecule has 5 heteroatoms. The van der Waals surface area contributed by atoms with E-state index < -0.39 is 5.92 Å². The van der Waals surface area contributed by atoms with E-state index in [-0.39, 0.29) is 17.3 Å². The van der Waals surface area contributed by atoms with Crippen molar-refractivity contribution in [3.63, 3.8) is 0 Å². The Labute approximate surface area is 170 Å². The molecule has 1 N–H and O–H groups in total. The zero-order valence-electron chi connectivity index (χ0n) is 16.8. The summed E-state index contributed by atoms with van der Waals surface area (Å²) in [6, 6.07) is 3.63. The van der Waals surface area contributed by atoms with E-state index in [0.717, 1.165) is 18.4 Å². The summed E-state index contributed by atoms with van der Waals surface area (Å²) in [5.41, 5.74) is 2.66. The van der Waals surface area contributed by atoms with Crippen molar-refractivity contribution in [2.45, 2.75) is 57.8 Å². The largest absolute Gasteiger partial charge is 0.504 e. The van der Waals surface area contributed by atoms with Gasteiger partial charge in [0.15, 0.2) is 23.1 Å². The van der Waals surface area contributed by atoms with E-state index >= 15 is 0 Å². The molecule has 29 heavy (non-hydrogen) atoms. The minimum Gasteiger partial charge on any atom is -0.504 e. The van der Waals surface area contributed by atoms with Gasteiger partial charge in [0.25, 0.3) is 0 Å². The molecule has 0 fully saturated rings. The van der Waals surface area contributed by atoms with Gasteiger partial charge in [0.1, 0.15) is 11.5 Å². The summed E-state index contributed by atoms with van der Waals surface area (Å²) in [7, 11) is 0. The van der Waals surface area contributed by atoms with Crippen LogP contribution >= 0.6 is 0 Å². The van der Waals surface area contributed by atoms with Crippen LogP contribution in [0, 0.1) is 0 Å². The summed E-state index contributed by atoms with van der Waals surface area (Å²) in [6.45, 7) is 6.02. The summed E-state index contributed by atoms with van der Waals surface area (Å²) < 4.78 is 11.8. The molecule has 0 bridgehead atoms. The second kappa shape index (κ2) is 7.90. The third-order valence-electron chi connectivity index (χ3n) is 5.81. The van der Waals surface area contributed by atoms with Crippen molar-refractivity contribution in [3.8, 4) is 11.5 Å². The van der Waals surface area contributed by atoms with E-state index in [4.69, 9.17) is 9.47 Å². The monoisotopic (exact) mass is 394 g/mol. The zero-order valence-corrected chi connectivity index (χ0v) is 16.8. The van der Waals surface area contributed by atoms with E-state index in [1.165, 1.54) is 0 Å². The molecule has 1 aliphatic heterocycles. The van der Waals surface area contributed by atoms with Gasteiger partial charge in [-0.1, -0.05) is 12.1 Å². The molecule has 4 rings (SSSR count). The van der Waals surface area contributed by atoms with Crippen molar-refractivity contribution < 1.29 is 24.2 Å². The van der Waals surface area contributed by atoms with Crippen LogP contribution in [0.25, 0.3) is 0 Å². The predicted molar refractivity (Wildman–Crippen MR) is 109 cm³/mol. The fraction of sp³-hybridized carbons (Fsp3) is 0.417. The lowest BCUT2D eigenvalue weighted by Crippen LogP contribution is -2.30. The average Bonchev–Trinajstić information content (AvgIpc) is 2.70. The second-order valence-corrected chi connectivity index (χ2v) is 7.71. The standard InChI is InChI=1S/C24H26O5/c1-3-7-14-12-15(13-20(24(14)27)28-4-2)21-22-16(25)8-5-10-18(22)29-19-11-6-9-17(26)23(19)21/h3,12-13,21,27H,1,4-11H2,2H3. The molecule has 0 atom stereocenters. The maximum atomic E-state index is 12.9. The Morgan fingerprint density at radius 1 is 1.10 bits per heavy atom. The Morgan fingerprint density at radius 3 is 2.28 bits per heavy atom. The number of phenolic OH excluding ortho intramolecular Hbond substituents is 1. The Balaban J connectivity index is 1.93. The first kappa shape index (κ1) is 19.5. The molecule has 0 spiro atoms. The molecule has 0 unspecified atom stereocenters. The number of aromatic hydroxyl groups is 1. The molecular weight excluding hydrogens is 368 g/mol. The predicted octanol–water partition coefficient (Wildman–Crippen LogP) is 4.65. The Bertz CT molecular complexity index is 908. The molecule has 5 nitrogen and oxygen atoms in total. The van der Waals surface area contributed by atoms with Crippen molar-refractivity contribution in [2.75, 3.05) is 6.61 Å². The van der Waals surface area contributed by atoms with Crippen molar-refractivity contribution >= 4 is 11.6 Å². The maximum absolute atomic E-state index is 12.9. The lowest BCUT2D eigenvalue weighted by Gasteiger charge is -2.36. The summed E-state index contributed by atoms with van der Waals surface area (Å²) in [5.74, 6) is 1.47. The topological polar surface area (TPSA) is 72.8 Å². The van der Waals surface area contributed by atoms with Gasteiger partial charge in [-0.05, 0) is 37.8 Å². The number of phenols is 1. The van der Waals surface area contributed by atoms with Gasteiger partial charge in [0, 0.05) is 48.3 Å². The highest BCUT2D eigenvalue weighted by atomic mass is 16.5. The van der Waals surface area contributed by atoms with Gasteiger partial charge in [-0.2, -0.15) is 0 Å². The Kier molecular flexibility index (Phi) is 5.31. The van der Waals surface area contributed by atoms with Crippen LogP contribution in [0.15, 0.2) is 47.5 Å². The summed E-state index contributed by atoms with van der Waals surface area (Å²) in [6.07, 6.45) is 6.05. The Morgan fingerprint density at radius 2 is 1.72 bits per heavy atom. The van der Waals surface area contributed by atoms with E-state index in [1.807, 2.05) is 13.0 Å². The number of hydrogen-bond donors (Lipinski definition) is 1. The average molecular weight is 394 g/mol. The molecule has 0 saturated heterocycles. The summed E-state index contributed by atoms with van der Waals surface area (Å²) >= 11 is 0. The number of allylic oxidation sites excluding steroid dienone is 5. The van der Waals surface area contributed by atoms with Gasteiger partial charge in [0.2, 0.25) is 0 Å². The van der Waals surface area contributed by atoms with Crippen LogP contribution in [-0.2, 0) is 20.7 Å². The van der Waals surface area contributed by atoms with Crippen LogP contribution in [0.3, 0.4) is 0 Å². The number of hydrogen-bond acceptors (Lipinski definition) is 5. The molecule has 3 aliphatic rings. The number of carbonyl (C=O) groups is 2. The van der Waals surface area contributed by atoms with Crippen molar-refractivity contribution in [1.29, 1.82) is 0 Å². The minimum atomic E-state index is -0.460. The number of Topliss-reactive ketones (excluding diaryl/α,β-unsaturated/α-hetero) is 2. The quantitative estimate of drug-likeness (QED) is 0.736. The number of ether oxygens (including phenoxy) is 2. The van der Waals surface area contributed by atoms with Gasteiger partial charge < -0.3 is 14.6 Å². The first-order chi connectivity index (χ1) is 14.0. The van der Waals surface area contributed by atoms with Crippen LogP contribution in [-0.4, -0.2) is 23.3 Å². The second-order valence-electron chi connectivity index (χ2n) is 7.71. The summed E-state index contributed by atoms with van der Waals surface area (Å²) in [4.78, 5) is 25.8. The molecule has 152 valence electrons. The molecule has 0 saturated carbocycles. The van der Waals surface area contributed by atoms with Gasteiger partial charge in [-0.25, -0.2) is 0 Å². The molecule has 0 radical (unpaired) electrons. The van der Waals surface area contributed by atoms with Crippen molar-refractivity contribution in [3.05, 3.63) is 58.6 Å². The van der Waals surface area contributed by atoms with E-state index in [1.54, 1.807) is 12.1 Å². The first-order valence-electron chi connectivity index (χ1n) is 10.3. The van der Waals surface area contributed by atoms with Crippen LogP contribution in [0.4, 0.5) is 0 Å². The third-order valence-corrected chi connectivity index (χ3v) is 5.81. The van der Waals surface area contributed by atoms with E-state index in [9.17, 15) is 14.7 Å². The Hall–Kier alpha value is -2.82. The summed E-state index contributed by atoms with van der Waals surface area (Å²) in [5, 5.41) is 10.6. The third kappa shape index (κ3) is 3.39. The lowest BCUT2D eigenvalue weighted by molar-refractivity contribution is -0.117. The normalized spacial score (nSPS) is 19.6. The molecule has 1 aromatic rings. The van der Waals surface area contributed by atoms with Gasteiger partial charge in [-0.3, -0.25) is 9.59 Å². The number of ketones is 2. The fourth-order valence-corrected chi connectivity index (χ4v) is 4.58. The van der Waals surface area contributed by atoms with Crippen molar-refractivity contribution in [2.24, 2.45) is 0 Å². The minimum absolute atomic E-state index is 0.0393. The van der Waals surface area contributed by atoms with Gasteiger partial charge in [0.05, 0.1) is 6.61 Å². The molecule has 1 aromatic carbocycles. The van der Waals surface area contributed by atoms with Gasteiger partial charge >= 0.3 is 0 Å². The first-order valence-corrected chi connectivity index (χ1v) is 10.3. The zero-order chi connectivity index (χ0) is 20.5. The highest BCUT2D eigenvalue weighted by Gasteiger charge is 2.42. The molecule has 0 aromatic heterocycles. The number of carbonyl (C=O) groups excluding carboxylic acids is 2. The number of rotatable bonds is 5. The van der Waals surface area contributed by atoms with Crippen LogP contribution in [0.2, 0.25) is 0 Å². The lowest BCUT2D eigenvalue weighted by atomic mass is 9.73. The highest BCUT2D eigenvalue weighted by molar-refractivity contribution is 6.05.